The number of carboxylic acid groups (broad SMARTS) is 1. The van der Waals surface area contributed by atoms with Crippen molar-refractivity contribution < 1.29 is 14.7 Å². The van der Waals surface area contributed by atoms with E-state index in [2.05, 4.69) is 22.4 Å². The summed E-state index contributed by atoms with van der Waals surface area (Å²) in [4.78, 5) is 23.4. The Kier molecular flexibility index (Phi) is 6.66. The Morgan fingerprint density at radius 2 is 2.17 bits per heavy atom. The van der Waals surface area contributed by atoms with E-state index in [0.717, 1.165) is 29.5 Å². The summed E-state index contributed by atoms with van der Waals surface area (Å²) < 4.78 is 0. The highest BCUT2D eigenvalue weighted by Crippen LogP contribution is 2.22. The number of thioether (sulfide) groups is 2. The van der Waals surface area contributed by atoms with Crippen molar-refractivity contribution in [1.29, 1.82) is 0 Å². The van der Waals surface area contributed by atoms with Gasteiger partial charge in [-0.2, -0.15) is 5.10 Å². The molecule has 1 saturated heterocycles. The molecule has 0 spiro atoms. The van der Waals surface area contributed by atoms with Gasteiger partial charge in [0.25, 0.3) is 0 Å². The van der Waals surface area contributed by atoms with Crippen LogP contribution in [0.4, 0.5) is 0 Å². The number of benzene rings is 1. The van der Waals surface area contributed by atoms with Gasteiger partial charge in [-0.3, -0.25) is 9.59 Å². The van der Waals surface area contributed by atoms with Crippen molar-refractivity contribution in [2.75, 3.05) is 5.75 Å². The third-order valence-electron chi connectivity index (χ3n) is 2.84. The number of nitrogens with one attached hydrogen (secondary N) is 1. The van der Waals surface area contributed by atoms with Crippen LogP contribution in [0.5, 0.6) is 0 Å². The van der Waals surface area contributed by atoms with Crippen LogP contribution in [0.15, 0.2) is 39.4 Å². The van der Waals surface area contributed by atoms with Crippen LogP contribution < -0.4 is 5.32 Å². The minimum Gasteiger partial charge on any atom is -0.481 e. The number of hydrogen-bond acceptors (Lipinski definition) is 6. The molecule has 122 valence electrons. The number of nitrogens with zero attached hydrogens (tertiary/aromatic N) is 2. The lowest BCUT2D eigenvalue weighted by atomic mass is 10.2. The number of rotatable bonds is 7. The SMILES string of the molecule is CCCSc1ccc(C=NN=C2NC(=O)C(CC(=O)O)S2)cc1. The van der Waals surface area contributed by atoms with Crippen molar-refractivity contribution >= 4 is 46.8 Å². The molecular formula is C15H17N3O3S2. The van der Waals surface area contributed by atoms with Gasteiger partial charge in [0.1, 0.15) is 5.25 Å². The molecule has 0 radical (unpaired) electrons. The fourth-order valence-corrected chi connectivity index (χ4v) is 3.45. The molecule has 0 aliphatic carbocycles. The number of aliphatic carboxylic acids is 1. The molecule has 1 atom stereocenters. The van der Waals surface area contributed by atoms with E-state index in [0.29, 0.717) is 5.17 Å². The fourth-order valence-electron chi connectivity index (χ4n) is 1.76. The van der Waals surface area contributed by atoms with Gasteiger partial charge in [0.05, 0.1) is 12.6 Å². The van der Waals surface area contributed by atoms with E-state index < -0.39 is 11.2 Å². The van der Waals surface area contributed by atoms with Gasteiger partial charge in [0.15, 0.2) is 5.17 Å². The van der Waals surface area contributed by atoms with Gasteiger partial charge >= 0.3 is 5.97 Å². The van der Waals surface area contributed by atoms with Crippen molar-refractivity contribution in [3.8, 4) is 0 Å². The van der Waals surface area contributed by atoms with E-state index >= 15 is 0 Å². The lowest BCUT2D eigenvalue weighted by molar-refractivity contribution is -0.138. The molecule has 1 aromatic rings. The standard InChI is InChI=1S/C15H17N3O3S2/c1-2-7-22-11-5-3-10(4-6-11)9-16-18-15-17-14(21)12(23-15)8-13(19)20/h3-6,9,12H,2,7-8H2,1H3,(H,19,20)(H,17,18,21). The smallest absolute Gasteiger partial charge is 0.305 e. The normalized spacial score (nSPS) is 19.4. The van der Waals surface area contributed by atoms with Gasteiger partial charge in [-0.1, -0.05) is 30.8 Å². The summed E-state index contributed by atoms with van der Waals surface area (Å²) in [6.07, 6.45) is 2.51. The third-order valence-corrected chi connectivity index (χ3v) is 5.13. The average Bonchev–Trinajstić information content (AvgIpc) is 2.86. The lowest BCUT2D eigenvalue weighted by Crippen LogP contribution is -2.26. The summed E-state index contributed by atoms with van der Waals surface area (Å²) in [7, 11) is 0. The second-order valence-electron chi connectivity index (χ2n) is 4.76. The quantitative estimate of drug-likeness (QED) is 0.448. The molecule has 0 bridgehead atoms. The van der Waals surface area contributed by atoms with Crippen LogP contribution in [0.2, 0.25) is 0 Å². The van der Waals surface area contributed by atoms with Crippen molar-refractivity contribution in [3.63, 3.8) is 0 Å². The summed E-state index contributed by atoms with van der Waals surface area (Å²) in [5.74, 6) is -0.262. The molecule has 0 saturated carbocycles. The van der Waals surface area contributed by atoms with Gasteiger partial charge in [-0.15, -0.1) is 16.9 Å². The van der Waals surface area contributed by atoms with E-state index in [1.54, 1.807) is 6.21 Å². The molecule has 2 N–H and O–H groups in total. The molecule has 1 aliphatic heterocycles. The first-order chi connectivity index (χ1) is 11.1. The van der Waals surface area contributed by atoms with Gasteiger partial charge in [-0.25, -0.2) is 0 Å². The fraction of sp³-hybridized carbons (Fsp3) is 0.333. The predicted molar refractivity (Wildman–Crippen MR) is 94.3 cm³/mol. The van der Waals surface area contributed by atoms with Gasteiger partial charge in [0, 0.05) is 4.90 Å². The summed E-state index contributed by atoms with van der Waals surface area (Å²) in [5, 5.41) is 18.8. The Morgan fingerprint density at radius 3 is 2.83 bits per heavy atom. The zero-order valence-corrected chi connectivity index (χ0v) is 14.2. The second-order valence-corrected chi connectivity index (χ2v) is 7.12. The summed E-state index contributed by atoms with van der Waals surface area (Å²) >= 11 is 2.89. The lowest BCUT2D eigenvalue weighted by Gasteiger charge is -1.99. The van der Waals surface area contributed by atoms with Crippen LogP contribution in [-0.4, -0.2) is 39.4 Å². The van der Waals surface area contributed by atoms with Crippen molar-refractivity contribution in [3.05, 3.63) is 29.8 Å². The molecule has 1 amide bonds. The van der Waals surface area contributed by atoms with E-state index in [-0.39, 0.29) is 12.3 Å². The molecule has 0 aromatic heterocycles. The summed E-state index contributed by atoms with van der Waals surface area (Å²) in [5.41, 5.74) is 0.909. The Balaban J connectivity index is 1.90. The number of hydrogen-bond donors (Lipinski definition) is 2. The van der Waals surface area contributed by atoms with Crippen molar-refractivity contribution in [2.45, 2.75) is 29.9 Å². The van der Waals surface area contributed by atoms with E-state index in [1.165, 1.54) is 4.90 Å². The minimum absolute atomic E-state index is 0.226. The second kappa shape index (κ2) is 8.73. The van der Waals surface area contributed by atoms with Crippen LogP contribution in [0.25, 0.3) is 0 Å². The van der Waals surface area contributed by atoms with Crippen LogP contribution in [0, 0.1) is 0 Å². The van der Waals surface area contributed by atoms with Crippen molar-refractivity contribution in [2.24, 2.45) is 10.2 Å². The Hall–Kier alpha value is -1.80. The van der Waals surface area contributed by atoms with Crippen LogP contribution >= 0.6 is 23.5 Å². The molecule has 1 aromatic carbocycles. The first-order valence-corrected chi connectivity index (χ1v) is 8.98. The number of carbonyl (C=O) groups is 2. The maximum absolute atomic E-state index is 11.5. The molecule has 1 fully saturated rings. The number of carboxylic acids is 1. The first-order valence-electron chi connectivity index (χ1n) is 7.11. The zero-order valence-electron chi connectivity index (χ0n) is 12.6. The Labute approximate surface area is 142 Å². The maximum atomic E-state index is 11.5. The molecule has 2 rings (SSSR count). The third kappa shape index (κ3) is 5.72. The van der Waals surface area contributed by atoms with Crippen molar-refractivity contribution in [1.82, 2.24) is 5.32 Å². The summed E-state index contributed by atoms with van der Waals surface area (Å²) in [6.45, 7) is 2.15. The largest absolute Gasteiger partial charge is 0.481 e. The highest BCUT2D eigenvalue weighted by molar-refractivity contribution is 8.15. The minimum atomic E-state index is -1.01. The maximum Gasteiger partial charge on any atom is 0.305 e. The highest BCUT2D eigenvalue weighted by atomic mass is 32.2. The first kappa shape index (κ1) is 17.6. The number of carbonyl (C=O) groups excluding carboxylic acids is 1. The average molecular weight is 351 g/mol. The van der Waals surface area contributed by atoms with Gasteiger partial charge < -0.3 is 10.4 Å². The predicted octanol–water partition coefficient (Wildman–Crippen LogP) is 2.58. The highest BCUT2D eigenvalue weighted by Gasteiger charge is 2.32. The monoisotopic (exact) mass is 351 g/mol. The number of amides is 1. The van der Waals surface area contributed by atoms with Crippen LogP contribution in [0.1, 0.15) is 25.3 Å². The molecule has 23 heavy (non-hydrogen) atoms. The Morgan fingerprint density at radius 1 is 1.43 bits per heavy atom. The van der Waals surface area contributed by atoms with Crippen LogP contribution in [0.3, 0.4) is 0 Å². The topological polar surface area (TPSA) is 91.1 Å². The molecule has 1 heterocycles. The molecule has 1 unspecified atom stereocenters. The Bertz CT molecular complexity index is 629. The molecular weight excluding hydrogens is 334 g/mol. The number of amidine groups is 1. The molecule has 6 nitrogen and oxygen atoms in total. The van der Waals surface area contributed by atoms with Gasteiger partial charge in [0.2, 0.25) is 5.91 Å². The van der Waals surface area contributed by atoms with Crippen LogP contribution in [-0.2, 0) is 9.59 Å². The zero-order chi connectivity index (χ0) is 16.7. The van der Waals surface area contributed by atoms with Gasteiger partial charge in [-0.05, 0) is 29.9 Å². The summed E-state index contributed by atoms with van der Waals surface area (Å²) in [6, 6.07) is 7.97. The molecule has 1 aliphatic rings. The van der Waals surface area contributed by atoms with E-state index in [4.69, 9.17) is 5.11 Å². The van der Waals surface area contributed by atoms with E-state index in [9.17, 15) is 9.59 Å². The molecule has 8 heteroatoms. The van der Waals surface area contributed by atoms with E-state index in [1.807, 2.05) is 36.0 Å².